The van der Waals surface area contributed by atoms with E-state index in [2.05, 4.69) is 28.7 Å². The van der Waals surface area contributed by atoms with Gasteiger partial charge in [0.15, 0.2) is 5.83 Å². The van der Waals surface area contributed by atoms with Crippen molar-refractivity contribution >= 4 is 34.2 Å². The molecule has 2 amide bonds. The Balaban J connectivity index is 2.02. The molecule has 0 atom stereocenters. The predicted octanol–water partition coefficient (Wildman–Crippen LogP) is 5.47. The first-order chi connectivity index (χ1) is 21.4. The third-order valence-electron chi connectivity index (χ3n) is 6.64. The Morgan fingerprint density at radius 2 is 1.80 bits per heavy atom. The maximum Gasteiger partial charge on any atom is 0.405 e. The van der Waals surface area contributed by atoms with Crippen molar-refractivity contribution < 1.29 is 41.4 Å². The second kappa shape index (κ2) is 12.5. The lowest BCUT2D eigenvalue weighted by atomic mass is 9.96. The molecule has 5 N–H and O–H groups in total. The molecule has 14 heteroatoms. The number of carbonyl (C=O) groups excluding carboxylic acids is 2. The van der Waals surface area contributed by atoms with Crippen molar-refractivity contribution in [2.24, 2.45) is 7.05 Å². The monoisotopic (exact) mass is 641 g/mol. The molecule has 4 rings (SSSR count). The molecule has 2 aromatic heterocycles. The van der Waals surface area contributed by atoms with Gasteiger partial charge < -0.3 is 30.8 Å². The van der Waals surface area contributed by atoms with Gasteiger partial charge in [-0.15, -0.1) is 0 Å². The SMILES string of the molecule is C=C(F)C(=O)Nc1ccc(-c2c(-c3cc(F)c(C(=O)NCC(F)(F)F)c(OC)c3)c3c(N)ncc(C#CC(C)(C)O)c3n2C)cc1. The summed E-state index contributed by atoms with van der Waals surface area (Å²) in [6, 6.07) is 8.39. The minimum atomic E-state index is -4.73. The minimum Gasteiger partial charge on any atom is -0.496 e. The van der Waals surface area contributed by atoms with Gasteiger partial charge in [0.2, 0.25) is 0 Å². The molecule has 0 fully saturated rings. The van der Waals surface area contributed by atoms with Gasteiger partial charge >= 0.3 is 6.18 Å². The summed E-state index contributed by atoms with van der Waals surface area (Å²) in [5.74, 6) is 0.534. The lowest BCUT2D eigenvalue weighted by Gasteiger charge is -2.15. The van der Waals surface area contributed by atoms with E-state index in [1.54, 1.807) is 29.1 Å². The molecule has 2 aromatic carbocycles. The molecule has 2 heterocycles. The van der Waals surface area contributed by atoms with Crippen LogP contribution in [0.2, 0.25) is 0 Å². The van der Waals surface area contributed by atoms with Crippen molar-refractivity contribution in [3.05, 3.63) is 71.9 Å². The summed E-state index contributed by atoms with van der Waals surface area (Å²) in [4.78, 5) is 28.6. The fourth-order valence-corrected chi connectivity index (χ4v) is 4.73. The van der Waals surface area contributed by atoms with E-state index in [0.717, 1.165) is 13.2 Å². The van der Waals surface area contributed by atoms with Crippen LogP contribution in [0.4, 0.5) is 33.5 Å². The number of aromatic nitrogens is 2. The summed E-state index contributed by atoms with van der Waals surface area (Å²) in [5.41, 5.74) is 6.63. The molecule has 0 aliphatic heterocycles. The zero-order valence-electron chi connectivity index (χ0n) is 25.0. The molecule has 46 heavy (non-hydrogen) atoms. The molecule has 0 spiro atoms. The van der Waals surface area contributed by atoms with Gasteiger partial charge in [-0.1, -0.05) is 30.6 Å². The number of amides is 2. The van der Waals surface area contributed by atoms with E-state index in [4.69, 9.17) is 10.5 Å². The van der Waals surface area contributed by atoms with Gasteiger partial charge in [-0.2, -0.15) is 13.2 Å². The number of alkyl halides is 3. The highest BCUT2D eigenvalue weighted by Gasteiger charge is 2.31. The Morgan fingerprint density at radius 3 is 2.37 bits per heavy atom. The number of carbonyl (C=O) groups is 2. The maximum atomic E-state index is 15.7. The quantitative estimate of drug-likeness (QED) is 0.120. The molecule has 4 aromatic rings. The number of anilines is 2. The Morgan fingerprint density at radius 1 is 1.15 bits per heavy atom. The maximum absolute atomic E-state index is 15.7. The van der Waals surface area contributed by atoms with Crippen LogP contribution in [0.15, 0.2) is 55.0 Å². The second-order valence-corrected chi connectivity index (χ2v) is 10.6. The second-order valence-electron chi connectivity index (χ2n) is 10.6. The van der Waals surface area contributed by atoms with Crippen LogP contribution in [0.25, 0.3) is 33.3 Å². The molecule has 0 aliphatic carbocycles. The molecule has 240 valence electrons. The lowest BCUT2D eigenvalue weighted by molar-refractivity contribution is -0.123. The number of pyridine rings is 1. The molecule has 0 radical (unpaired) electrons. The van der Waals surface area contributed by atoms with Crippen LogP contribution in [0.5, 0.6) is 5.75 Å². The fourth-order valence-electron chi connectivity index (χ4n) is 4.73. The van der Waals surface area contributed by atoms with Crippen LogP contribution in [-0.4, -0.2) is 51.9 Å². The Kier molecular flexibility index (Phi) is 9.11. The molecule has 0 aliphatic rings. The summed E-state index contributed by atoms with van der Waals surface area (Å²) in [7, 11) is 2.80. The van der Waals surface area contributed by atoms with Crippen molar-refractivity contribution in [2.45, 2.75) is 25.6 Å². The fraction of sp³-hybridized carbons (Fsp3) is 0.219. The van der Waals surface area contributed by atoms with Crippen LogP contribution in [0.3, 0.4) is 0 Å². The first-order valence-corrected chi connectivity index (χ1v) is 13.4. The summed E-state index contributed by atoms with van der Waals surface area (Å²) < 4.78 is 74.1. The average Bonchev–Trinajstić information content (AvgIpc) is 3.28. The topological polar surface area (TPSA) is 132 Å². The van der Waals surface area contributed by atoms with Crippen LogP contribution in [0, 0.1) is 17.7 Å². The highest BCUT2D eigenvalue weighted by atomic mass is 19.4. The van der Waals surface area contributed by atoms with E-state index in [0.29, 0.717) is 33.3 Å². The Hall–Kier alpha value is -5.42. The normalized spacial score (nSPS) is 11.5. The smallest absolute Gasteiger partial charge is 0.405 e. The number of ether oxygens (including phenoxy) is 1. The number of nitrogens with zero attached hydrogens (tertiary/aromatic N) is 2. The number of rotatable bonds is 7. The Labute approximate surface area is 259 Å². The third-order valence-corrected chi connectivity index (χ3v) is 6.64. The van der Waals surface area contributed by atoms with Gasteiger partial charge in [-0.05, 0) is 49.2 Å². The number of nitrogen functional groups attached to an aromatic ring is 1. The number of fused-ring (bicyclic) bond motifs is 1. The van der Waals surface area contributed by atoms with E-state index in [1.807, 2.05) is 0 Å². The van der Waals surface area contributed by atoms with Crippen molar-refractivity contribution in [2.75, 3.05) is 24.7 Å². The highest BCUT2D eigenvalue weighted by Crippen LogP contribution is 2.45. The number of nitrogens with one attached hydrogen (secondary N) is 2. The Bertz CT molecular complexity index is 1930. The first-order valence-electron chi connectivity index (χ1n) is 13.4. The van der Waals surface area contributed by atoms with Crippen molar-refractivity contribution in [3.63, 3.8) is 0 Å². The molecule has 9 nitrogen and oxygen atoms in total. The number of benzene rings is 2. The predicted molar refractivity (Wildman–Crippen MR) is 163 cm³/mol. The standard InChI is InChI=1S/C32H28F5N5O4/c1-16(33)29(43)41-20-8-6-17(7-9-20)26-23(25-27(42(26)4)18(14-39-28(25)38)10-11-31(2,3)45)19-12-21(34)24(22(13-19)46-5)30(44)40-15-32(35,36)37/h6-9,12-14,45H,1,15H2,2-5H3,(H2,38,39)(H,40,44)(H,41,43). The lowest BCUT2D eigenvalue weighted by Crippen LogP contribution is -2.34. The van der Waals surface area contributed by atoms with E-state index in [1.165, 1.54) is 38.2 Å². The average molecular weight is 642 g/mol. The number of hydrogen-bond acceptors (Lipinski definition) is 6. The summed E-state index contributed by atoms with van der Waals surface area (Å²) >= 11 is 0. The number of nitrogens with two attached hydrogens (primary N) is 1. The summed E-state index contributed by atoms with van der Waals surface area (Å²) in [6.07, 6.45) is -3.33. The number of aryl methyl sites for hydroxylation is 1. The van der Waals surface area contributed by atoms with E-state index in [9.17, 15) is 32.3 Å². The van der Waals surface area contributed by atoms with Crippen molar-refractivity contribution in [1.82, 2.24) is 14.9 Å². The van der Waals surface area contributed by atoms with Gasteiger partial charge in [0, 0.05) is 24.5 Å². The number of hydrogen-bond donors (Lipinski definition) is 4. The summed E-state index contributed by atoms with van der Waals surface area (Å²) in [5, 5.41) is 14.5. The minimum absolute atomic E-state index is 0.0115. The van der Waals surface area contributed by atoms with Crippen LogP contribution >= 0.6 is 0 Å². The van der Waals surface area contributed by atoms with Crippen LogP contribution in [-0.2, 0) is 11.8 Å². The number of methoxy groups -OCH3 is 1. The zero-order valence-corrected chi connectivity index (χ0v) is 25.0. The molecule has 0 saturated carbocycles. The van der Waals surface area contributed by atoms with Crippen molar-refractivity contribution in [1.29, 1.82) is 0 Å². The van der Waals surface area contributed by atoms with Crippen LogP contribution in [0.1, 0.15) is 29.8 Å². The van der Waals surface area contributed by atoms with Gasteiger partial charge in [-0.25, -0.2) is 13.8 Å². The largest absolute Gasteiger partial charge is 0.496 e. The van der Waals surface area contributed by atoms with E-state index in [-0.39, 0.29) is 22.8 Å². The van der Waals surface area contributed by atoms with E-state index < -0.39 is 47.3 Å². The molecule has 0 unspecified atom stereocenters. The number of aliphatic hydroxyl groups is 1. The third kappa shape index (κ3) is 7.10. The molecule has 0 saturated heterocycles. The van der Waals surface area contributed by atoms with Gasteiger partial charge in [0.25, 0.3) is 11.8 Å². The highest BCUT2D eigenvalue weighted by molar-refractivity contribution is 6.11. The van der Waals surface area contributed by atoms with Crippen LogP contribution < -0.4 is 21.1 Å². The number of halogens is 5. The van der Waals surface area contributed by atoms with Crippen molar-refractivity contribution in [3.8, 4) is 40.0 Å². The molecular weight excluding hydrogens is 613 g/mol. The zero-order chi connectivity index (χ0) is 34.1. The van der Waals surface area contributed by atoms with Gasteiger partial charge in [-0.3, -0.25) is 9.59 Å². The molecular formula is C32H28F5N5O4. The van der Waals surface area contributed by atoms with E-state index >= 15 is 4.39 Å². The molecule has 0 bridgehead atoms. The van der Waals surface area contributed by atoms with Gasteiger partial charge in [0.1, 0.15) is 35.1 Å². The first kappa shape index (κ1) is 33.5. The summed E-state index contributed by atoms with van der Waals surface area (Å²) in [6.45, 7) is 4.26. The van der Waals surface area contributed by atoms with Gasteiger partial charge in [0.05, 0.1) is 29.3 Å².